The van der Waals surface area contributed by atoms with E-state index in [1.54, 1.807) is 6.92 Å². The van der Waals surface area contributed by atoms with Crippen LogP contribution in [0.15, 0.2) is 0 Å². The zero-order chi connectivity index (χ0) is 11.4. The molecule has 1 saturated heterocycles. The summed E-state index contributed by atoms with van der Waals surface area (Å²) < 4.78 is 10.1. The molecule has 1 aliphatic rings. The van der Waals surface area contributed by atoms with Crippen LogP contribution in [0, 0.1) is 0 Å². The van der Waals surface area contributed by atoms with Crippen LogP contribution in [0.25, 0.3) is 0 Å². The van der Waals surface area contributed by atoms with Crippen LogP contribution in [0.1, 0.15) is 20.8 Å². The highest BCUT2D eigenvalue weighted by molar-refractivity contribution is 6.32. The van der Waals surface area contributed by atoms with Crippen LogP contribution >= 0.6 is 0 Å². The molecule has 0 saturated carbocycles. The second-order valence-corrected chi connectivity index (χ2v) is 3.69. The minimum atomic E-state index is -0.779. The number of rotatable bonds is 1. The second-order valence-electron chi connectivity index (χ2n) is 3.69. The molecule has 1 heterocycles. The summed E-state index contributed by atoms with van der Waals surface area (Å²) in [4.78, 5) is 24.3. The van der Waals surface area contributed by atoms with Crippen molar-refractivity contribution in [2.24, 2.45) is 0 Å². The lowest BCUT2D eigenvalue weighted by Crippen LogP contribution is -2.50. The topological polar surface area (TPSA) is 55.8 Å². The lowest BCUT2D eigenvalue weighted by molar-refractivity contribution is -0.165. The minimum absolute atomic E-state index is 0.0351. The smallest absolute Gasteiger partial charge is 0.397 e. The summed E-state index contributed by atoms with van der Waals surface area (Å²) in [6.07, 6.45) is -0.0701. The Labute approximate surface area is 89.3 Å². The van der Waals surface area contributed by atoms with Crippen molar-refractivity contribution in [3.05, 3.63) is 0 Å². The number of amides is 1. The van der Waals surface area contributed by atoms with Gasteiger partial charge in [0, 0.05) is 13.1 Å². The van der Waals surface area contributed by atoms with E-state index in [0.29, 0.717) is 13.1 Å². The molecule has 0 aromatic rings. The standard InChI is InChI=1S/C10H17NO4/c1-4-14-10(13)9(12)11-5-7(2)15-8(3)6-11/h7-8H,4-6H2,1-3H3/t7-,8-/m1/s1. The molecule has 2 atom stereocenters. The fourth-order valence-corrected chi connectivity index (χ4v) is 1.67. The van der Waals surface area contributed by atoms with Crippen LogP contribution in [-0.2, 0) is 19.1 Å². The predicted octanol–water partition coefficient (Wildman–Crippen LogP) is 0.185. The van der Waals surface area contributed by atoms with E-state index in [2.05, 4.69) is 4.74 Å². The zero-order valence-corrected chi connectivity index (χ0v) is 9.36. The molecule has 1 rings (SSSR count). The predicted molar refractivity (Wildman–Crippen MR) is 53.2 cm³/mol. The molecule has 86 valence electrons. The fraction of sp³-hybridized carbons (Fsp3) is 0.800. The van der Waals surface area contributed by atoms with E-state index in [0.717, 1.165) is 0 Å². The van der Waals surface area contributed by atoms with E-state index >= 15 is 0 Å². The van der Waals surface area contributed by atoms with Crippen LogP contribution in [0.3, 0.4) is 0 Å². The van der Waals surface area contributed by atoms with Gasteiger partial charge in [0.25, 0.3) is 0 Å². The monoisotopic (exact) mass is 215 g/mol. The summed E-state index contributed by atoms with van der Waals surface area (Å²) in [6, 6.07) is 0. The average Bonchev–Trinajstić information content (AvgIpc) is 2.15. The van der Waals surface area contributed by atoms with Gasteiger partial charge in [0.1, 0.15) is 0 Å². The third-order valence-corrected chi connectivity index (χ3v) is 2.16. The average molecular weight is 215 g/mol. The molecular formula is C10H17NO4. The number of esters is 1. The van der Waals surface area contributed by atoms with Gasteiger partial charge < -0.3 is 14.4 Å². The Morgan fingerprint density at radius 3 is 2.33 bits per heavy atom. The molecule has 0 aromatic carbocycles. The summed E-state index contributed by atoms with van der Waals surface area (Å²) in [7, 11) is 0. The SMILES string of the molecule is CCOC(=O)C(=O)N1C[C@@H](C)O[C@H](C)C1. The summed E-state index contributed by atoms with van der Waals surface area (Å²) >= 11 is 0. The largest absolute Gasteiger partial charge is 0.459 e. The molecule has 15 heavy (non-hydrogen) atoms. The molecule has 0 aromatic heterocycles. The molecule has 0 aliphatic carbocycles. The molecular weight excluding hydrogens is 198 g/mol. The highest BCUT2D eigenvalue weighted by Gasteiger charge is 2.30. The van der Waals surface area contributed by atoms with E-state index in [-0.39, 0.29) is 18.8 Å². The van der Waals surface area contributed by atoms with E-state index in [1.807, 2.05) is 13.8 Å². The van der Waals surface area contributed by atoms with Gasteiger partial charge in [-0.05, 0) is 20.8 Å². The summed E-state index contributed by atoms with van der Waals surface area (Å²) in [5, 5.41) is 0. The first-order valence-electron chi connectivity index (χ1n) is 5.16. The lowest BCUT2D eigenvalue weighted by Gasteiger charge is -2.34. The number of carbonyl (C=O) groups excluding carboxylic acids is 2. The van der Waals surface area contributed by atoms with Gasteiger partial charge >= 0.3 is 11.9 Å². The number of carbonyl (C=O) groups is 2. The van der Waals surface area contributed by atoms with Gasteiger partial charge in [-0.15, -0.1) is 0 Å². The zero-order valence-electron chi connectivity index (χ0n) is 9.36. The van der Waals surface area contributed by atoms with Gasteiger partial charge in [-0.2, -0.15) is 0 Å². The molecule has 5 nitrogen and oxygen atoms in total. The van der Waals surface area contributed by atoms with E-state index < -0.39 is 11.9 Å². The third kappa shape index (κ3) is 3.20. The highest BCUT2D eigenvalue weighted by Crippen LogP contribution is 2.10. The van der Waals surface area contributed by atoms with Crippen molar-refractivity contribution in [2.45, 2.75) is 33.0 Å². The molecule has 1 fully saturated rings. The maximum Gasteiger partial charge on any atom is 0.397 e. The Morgan fingerprint density at radius 1 is 1.33 bits per heavy atom. The van der Waals surface area contributed by atoms with Crippen molar-refractivity contribution in [3.8, 4) is 0 Å². The van der Waals surface area contributed by atoms with E-state index in [9.17, 15) is 9.59 Å². The number of hydrogen-bond donors (Lipinski definition) is 0. The van der Waals surface area contributed by atoms with Crippen molar-refractivity contribution >= 4 is 11.9 Å². The quantitative estimate of drug-likeness (QED) is 0.462. The van der Waals surface area contributed by atoms with Crippen LogP contribution < -0.4 is 0 Å². The minimum Gasteiger partial charge on any atom is -0.459 e. The summed E-state index contributed by atoms with van der Waals surface area (Å²) in [6.45, 7) is 6.54. The molecule has 0 unspecified atom stereocenters. The lowest BCUT2D eigenvalue weighted by atomic mass is 10.2. The van der Waals surface area contributed by atoms with Gasteiger partial charge in [0.15, 0.2) is 0 Å². The number of ether oxygens (including phenoxy) is 2. The third-order valence-electron chi connectivity index (χ3n) is 2.16. The Morgan fingerprint density at radius 2 is 1.87 bits per heavy atom. The number of hydrogen-bond acceptors (Lipinski definition) is 4. The molecule has 0 spiro atoms. The van der Waals surface area contributed by atoms with Gasteiger partial charge in [-0.3, -0.25) is 4.79 Å². The second kappa shape index (κ2) is 5.11. The van der Waals surface area contributed by atoms with Gasteiger partial charge in [0.2, 0.25) is 0 Å². The molecule has 0 N–H and O–H groups in total. The van der Waals surface area contributed by atoms with Gasteiger partial charge in [-0.25, -0.2) is 4.79 Å². The van der Waals surface area contributed by atoms with Crippen molar-refractivity contribution in [2.75, 3.05) is 19.7 Å². The highest BCUT2D eigenvalue weighted by atomic mass is 16.5. The fourth-order valence-electron chi connectivity index (χ4n) is 1.67. The maximum absolute atomic E-state index is 11.6. The number of morpholine rings is 1. The van der Waals surface area contributed by atoms with E-state index in [4.69, 9.17) is 4.74 Å². The summed E-state index contributed by atoms with van der Waals surface area (Å²) in [5.74, 6) is -1.35. The Kier molecular flexibility index (Phi) is 4.08. The molecule has 5 heteroatoms. The molecule has 0 radical (unpaired) electrons. The first kappa shape index (κ1) is 12.0. The van der Waals surface area contributed by atoms with Crippen molar-refractivity contribution in [1.29, 1.82) is 0 Å². The Balaban J connectivity index is 2.55. The molecule has 1 aliphatic heterocycles. The van der Waals surface area contributed by atoms with Crippen molar-refractivity contribution < 1.29 is 19.1 Å². The van der Waals surface area contributed by atoms with Crippen LogP contribution in [0.5, 0.6) is 0 Å². The molecule has 0 bridgehead atoms. The van der Waals surface area contributed by atoms with Crippen molar-refractivity contribution in [1.82, 2.24) is 4.90 Å². The maximum atomic E-state index is 11.6. The first-order valence-corrected chi connectivity index (χ1v) is 5.16. The first-order chi connectivity index (χ1) is 7.04. The van der Waals surface area contributed by atoms with Crippen LogP contribution in [0.4, 0.5) is 0 Å². The Bertz CT molecular complexity index is 244. The van der Waals surface area contributed by atoms with E-state index in [1.165, 1.54) is 4.90 Å². The normalized spacial score (nSPS) is 26.2. The van der Waals surface area contributed by atoms with Gasteiger partial charge in [0.05, 0.1) is 18.8 Å². The van der Waals surface area contributed by atoms with Gasteiger partial charge in [-0.1, -0.05) is 0 Å². The Hall–Kier alpha value is -1.10. The van der Waals surface area contributed by atoms with Crippen LogP contribution in [0.2, 0.25) is 0 Å². The van der Waals surface area contributed by atoms with Crippen LogP contribution in [-0.4, -0.2) is 48.7 Å². The molecule has 1 amide bonds. The summed E-state index contributed by atoms with van der Waals surface area (Å²) in [5.41, 5.74) is 0. The van der Waals surface area contributed by atoms with Crippen molar-refractivity contribution in [3.63, 3.8) is 0 Å². The number of nitrogens with zero attached hydrogens (tertiary/aromatic N) is 1.